The summed E-state index contributed by atoms with van der Waals surface area (Å²) in [4.78, 5) is 5.44. The third-order valence-corrected chi connectivity index (χ3v) is 4.32. The standard InChI is InChI=1S/C12H10N4S2/c13-12-16-15-11(18-12)9-7-14-10(17-9)6-8-4-2-1-3-5-8/h1-5,7H,6H2,(H2,13,16). The molecule has 2 aromatic heterocycles. The van der Waals surface area contributed by atoms with Crippen molar-refractivity contribution >= 4 is 27.8 Å². The molecule has 0 atom stereocenters. The summed E-state index contributed by atoms with van der Waals surface area (Å²) in [7, 11) is 0. The number of hydrogen-bond acceptors (Lipinski definition) is 6. The molecule has 0 unspecified atom stereocenters. The zero-order valence-electron chi connectivity index (χ0n) is 9.41. The molecule has 2 N–H and O–H groups in total. The topological polar surface area (TPSA) is 64.7 Å². The maximum atomic E-state index is 5.58. The number of rotatable bonds is 3. The molecule has 2 heterocycles. The SMILES string of the molecule is Nc1nnc(-c2cnc(Cc3ccccc3)s2)s1. The summed E-state index contributed by atoms with van der Waals surface area (Å²) in [5.74, 6) is 0. The minimum absolute atomic E-state index is 0.489. The Labute approximate surface area is 112 Å². The first-order valence-corrected chi connectivity index (χ1v) is 7.02. The van der Waals surface area contributed by atoms with Crippen LogP contribution in [0.4, 0.5) is 5.13 Å². The van der Waals surface area contributed by atoms with Gasteiger partial charge in [0.05, 0.1) is 9.88 Å². The van der Waals surface area contributed by atoms with Crippen molar-refractivity contribution in [1.29, 1.82) is 0 Å². The van der Waals surface area contributed by atoms with Crippen LogP contribution in [-0.4, -0.2) is 15.2 Å². The average molecular weight is 274 g/mol. The number of anilines is 1. The lowest BCUT2D eigenvalue weighted by atomic mass is 10.2. The second kappa shape index (κ2) is 4.83. The maximum absolute atomic E-state index is 5.58. The van der Waals surface area contributed by atoms with Crippen LogP contribution in [0, 0.1) is 0 Å². The van der Waals surface area contributed by atoms with Gasteiger partial charge in [0.2, 0.25) is 5.13 Å². The van der Waals surface area contributed by atoms with E-state index in [0.717, 1.165) is 21.3 Å². The van der Waals surface area contributed by atoms with Gasteiger partial charge in [-0.05, 0) is 5.56 Å². The highest BCUT2D eigenvalue weighted by atomic mass is 32.1. The van der Waals surface area contributed by atoms with Gasteiger partial charge in [-0.25, -0.2) is 4.98 Å². The Kier molecular flexibility index (Phi) is 3.04. The second-order valence-corrected chi connectivity index (χ2v) is 5.85. The zero-order chi connectivity index (χ0) is 12.4. The first-order valence-electron chi connectivity index (χ1n) is 5.39. The van der Waals surface area contributed by atoms with Crippen molar-refractivity contribution in [3.05, 3.63) is 47.1 Å². The number of benzene rings is 1. The number of hydrogen-bond donors (Lipinski definition) is 1. The van der Waals surface area contributed by atoms with Gasteiger partial charge < -0.3 is 5.73 Å². The van der Waals surface area contributed by atoms with E-state index < -0.39 is 0 Å². The fourth-order valence-electron chi connectivity index (χ4n) is 1.60. The summed E-state index contributed by atoms with van der Waals surface area (Å²) in [6.45, 7) is 0. The molecule has 4 nitrogen and oxygen atoms in total. The Morgan fingerprint density at radius 3 is 2.61 bits per heavy atom. The third-order valence-electron chi connectivity index (χ3n) is 2.40. The summed E-state index contributed by atoms with van der Waals surface area (Å²) in [5.41, 5.74) is 6.83. The molecule has 0 aliphatic rings. The molecule has 3 aromatic rings. The van der Waals surface area contributed by atoms with Gasteiger partial charge in [-0.2, -0.15) is 0 Å². The van der Waals surface area contributed by atoms with Crippen LogP contribution in [0.15, 0.2) is 36.5 Å². The molecule has 90 valence electrons. The second-order valence-electron chi connectivity index (χ2n) is 3.73. The number of thiazole rings is 1. The van der Waals surface area contributed by atoms with Gasteiger partial charge in [0.1, 0.15) is 0 Å². The van der Waals surface area contributed by atoms with Crippen LogP contribution >= 0.6 is 22.7 Å². The molecule has 0 radical (unpaired) electrons. The van der Waals surface area contributed by atoms with Crippen LogP contribution in [0.25, 0.3) is 9.88 Å². The molecule has 3 rings (SSSR count). The molecular weight excluding hydrogens is 264 g/mol. The van der Waals surface area contributed by atoms with Crippen LogP contribution < -0.4 is 5.73 Å². The Morgan fingerprint density at radius 2 is 1.89 bits per heavy atom. The molecular formula is C12H10N4S2. The first-order chi connectivity index (χ1) is 8.81. The molecule has 0 saturated carbocycles. The van der Waals surface area contributed by atoms with Crippen molar-refractivity contribution in [1.82, 2.24) is 15.2 Å². The third kappa shape index (κ3) is 2.39. The molecule has 0 spiro atoms. The fraction of sp³-hybridized carbons (Fsp3) is 0.0833. The monoisotopic (exact) mass is 274 g/mol. The quantitative estimate of drug-likeness (QED) is 0.797. The largest absolute Gasteiger partial charge is 0.374 e. The molecule has 18 heavy (non-hydrogen) atoms. The highest BCUT2D eigenvalue weighted by molar-refractivity contribution is 7.23. The molecule has 0 fully saturated rings. The molecule has 0 aliphatic heterocycles. The minimum atomic E-state index is 0.489. The van der Waals surface area contributed by atoms with Crippen LogP contribution in [0.2, 0.25) is 0 Å². The summed E-state index contributed by atoms with van der Waals surface area (Å²) < 4.78 is 0. The van der Waals surface area contributed by atoms with E-state index in [1.807, 2.05) is 24.4 Å². The van der Waals surface area contributed by atoms with Crippen LogP contribution in [-0.2, 0) is 6.42 Å². The van der Waals surface area contributed by atoms with Crippen molar-refractivity contribution in [3.8, 4) is 9.88 Å². The molecule has 6 heteroatoms. The first kappa shape index (κ1) is 11.3. The van der Waals surface area contributed by atoms with E-state index in [0.29, 0.717) is 5.13 Å². The maximum Gasteiger partial charge on any atom is 0.203 e. The van der Waals surface area contributed by atoms with Crippen molar-refractivity contribution in [3.63, 3.8) is 0 Å². The summed E-state index contributed by atoms with van der Waals surface area (Å²) in [6, 6.07) is 10.3. The Bertz CT molecular complexity index is 645. The highest BCUT2D eigenvalue weighted by Crippen LogP contribution is 2.30. The van der Waals surface area contributed by atoms with E-state index in [-0.39, 0.29) is 0 Å². The lowest BCUT2D eigenvalue weighted by Gasteiger charge is -1.95. The smallest absolute Gasteiger partial charge is 0.203 e. The Morgan fingerprint density at radius 1 is 1.06 bits per heavy atom. The summed E-state index contributed by atoms with van der Waals surface area (Å²) in [5, 5.41) is 10.2. The van der Waals surface area contributed by atoms with Gasteiger partial charge in [0, 0.05) is 12.6 Å². The van der Waals surface area contributed by atoms with Crippen molar-refractivity contribution in [2.75, 3.05) is 5.73 Å². The summed E-state index contributed by atoms with van der Waals surface area (Å²) >= 11 is 3.02. The average Bonchev–Trinajstić information content (AvgIpc) is 2.99. The zero-order valence-corrected chi connectivity index (χ0v) is 11.0. The van der Waals surface area contributed by atoms with Crippen molar-refractivity contribution in [2.45, 2.75) is 6.42 Å². The van der Waals surface area contributed by atoms with E-state index in [1.165, 1.54) is 16.9 Å². The van der Waals surface area contributed by atoms with Crippen molar-refractivity contribution < 1.29 is 0 Å². The Hall–Kier alpha value is -1.79. The van der Waals surface area contributed by atoms with E-state index in [1.54, 1.807) is 11.3 Å². The summed E-state index contributed by atoms with van der Waals surface area (Å²) in [6.07, 6.45) is 2.68. The molecule has 0 saturated heterocycles. The van der Waals surface area contributed by atoms with E-state index in [2.05, 4.69) is 27.3 Å². The normalized spacial score (nSPS) is 10.7. The van der Waals surface area contributed by atoms with Gasteiger partial charge in [-0.1, -0.05) is 41.7 Å². The Balaban J connectivity index is 1.82. The van der Waals surface area contributed by atoms with E-state index in [9.17, 15) is 0 Å². The van der Waals surface area contributed by atoms with Gasteiger partial charge in [-0.15, -0.1) is 21.5 Å². The molecule has 0 aliphatic carbocycles. The number of nitrogen functional groups attached to an aromatic ring is 1. The molecule has 0 amide bonds. The lowest BCUT2D eigenvalue weighted by Crippen LogP contribution is -1.84. The lowest BCUT2D eigenvalue weighted by molar-refractivity contribution is 1.10. The highest BCUT2D eigenvalue weighted by Gasteiger charge is 2.09. The van der Waals surface area contributed by atoms with Crippen LogP contribution in [0.3, 0.4) is 0 Å². The van der Waals surface area contributed by atoms with Gasteiger partial charge in [0.25, 0.3) is 0 Å². The molecule has 0 bridgehead atoms. The minimum Gasteiger partial charge on any atom is -0.374 e. The predicted molar refractivity (Wildman–Crippen MR) is 74.7 cm³/mol. The van der Waals surface area contributed by atoms with Crippen LogP contribution in [0.1, 0.15) is 10.6 Å². The van der Waals surface area contributed by atoms with Crippen LogP contribution in [0.5, 0.6) is 0 Å². The van der Waals surface area contributed by atoms with Gasteiger partial charge in [-0.3, -0.25) is 0 Å². The number of aromatic nitrogens is 3. The molecule has 1 aromatic carbocycles. The van der Waals surface area contributed by atoms with E-state index in [4.69, 9.17) is 5.73 Å². The van der Waals surface area contributed by atoms with E-state index >= 15 is 0 Å². The fourth-order valence-corrected chi connectivity index (χ4v) is 3.19. The van der Waals surface area contributed by atoms with Gasteiger partial charge in [0.15, 0.2) is 5.01 Å². The predicted octanol–water partition coefficient (Wildman–Crippen LogP) is 2.83. The van der Waals surface area contributed by atoms with Crippen molar-refractivity contribution in [2.24, 2.45) is 0 Å². The number of nitrogens with zero attached hydrogens (tertiary/aromatic N) is 3. The number of nitrogens with two attached hydrogens (primary N) is 1. The van der Waals surface area contributed by atoms with Gasteiger partial charge >= 0.3 is 0 Å².